The third-order valence-electron chi connectivity index (χ3n) is 4.66. The molecule has 0 fully saturated rings. The van der Waals surface area contributed by atoms with E-state index in [-0.39, 0.29) is 5.69 Å². The molecule has 0 saturated carbocycles. The summed E-state index contributed by atoms with van der Waals surface area (Å²) in [4.78, 5) is 32.8. The van der Waals surface area contributed by atoms with Gasteiger partial charge in [0.05, 0.1) is 23.9 Å². The number of nitrogens with zero attached hydrogens (tertiary/aromatic N) is 1. The van der Waals surface area contributed by atoms with Gasteiger partial charge in [0.25, 0.3) is 0 Å². The number of rotatable bonds is 3. The summed E-state index contributed by atoms with van der Waals surface area (Å²) >= 11 is 0. The minimum atomic E-state index is -0.640. The molecule has 0 atom stereocenters. The van der Waals surface area contributed by atoms with E-state index in [2.05, 4.69) is 9.97 Å². The van der Waals surface area contributed by atoms with Crippen molar-refractivity contribution < 1.29 is 19.1 Å². The van der Waals surface area contributed by atoms with Gasteiger partial charge in [0.1, 0.15) is 11.3 Å². The number of carbonyl (C=O) groups is 2. The summed E-state index contributed by atoms with van der Waals surface area (Å²) in [5, 5.41) is 1.84. The number of fused-ring (bicyclic) bond motifs is 3. The van der Waals surface area contributed by atoms with Gasteiger partial charge in [-0.2, -0.15) is 0 Å². The molecule has 0 aliphatic carbocycles. The Labute approximate surface area is 173 Å². The van der Waals surface area contributed by atoms with E-state index in [1.165, 1.54) is 7.11 Å². The SMILES string of the molecule is COC(=O)c1cccc(-c2nc(C(=O)OC(C)(C)C)cc3c2[nH]c2ccccc23)c1. The summed E-state index contributed by atoms with van der Waals surface area (Å²) in [6.07, 6.45) is 0. The van der Waals surface area contributed by atoms with Crippen molar-refractivity contribution in [1.82, 2.24) is 9.97 Å². The normalized spacial score (nSPS) is 11.6. The van der Waals surface area contributed by atoms with E-state index < -0.39 is 17.5 Å². The van der Waals surface area contributed by atoms with Gasteiger partial charge >= 0.3 is 11.9 Å². The van der Waals surface area contributed by atoms with E-state index in [1.54, 1.807) is 24.3 Å². The lowest BCUT2D eigenvalue weighted by Gasteiger charge is -2.19. The standard InChI is InChI=1S/C24H22N2O4/c1-24(2,3)30-23(28)19-13-17-16-10-5-6-11-18(16)25-21(17)20(26-19)14-8-7-9-15(12-14)22(27)29-4/h5-13,25H,1-4H3. The van der Waals surface area contributed by atoms with E-state index in [4.69, 9.17) is 9.47 Å². The number of aromatic amines is 1. The van der Waals surface area contributed by atoms with Gasteiger partial charge in [-0.25, -0.2) is 14.6 Å². The van der Waals surface area contributed by atoms with Crippen molar-refractivity contribution in [1.29, 1.82) is 0 Å². The molecule has 152 valence electrons. The van der Waals surface area contributed by atoms with E-state index in [9.17, 15) is 9.59 Å². The van der Waals surface area contributed by atoms with Crippen molar-refractivity contribution in [2.24, 2.45) is 0 Å². The summed E-state index contributed by atoms with van der Waals surface area (Å²) in [5.74, 6) is -0.937. The monoisotopic (exact) mass is 402 g/mol. The van der Waals surface area contributed by atoms with Crippen molar-refractivity contribution in [2.45, 2.75) is 26.4 Å². The third-order valence-corrected chi connectivity index (χ3v) is 4.66. The first-order chi connectivity index (χ1) is 14.3. The number of methoxy groups -OCH3 is 1. The molecule has 6 nitrogen and oxygen atoms in total. The Morgan fingerprint density at radius 3 is 2.43 bits per heavy atom. The van der Waals surface area contributed by atoms with Crippen LogP contribution in [0.2, 0.25) is 0 Å². The molecule has 2 aromatic heterocycles. The van der Waals surface area contributed by atoms with E-state index in [0.29, 0.717) is 16.8 Å². The number of aromatic nitrogens is 2. The number of nitrogens with one attached hydrogen (secondary N) is 1. The van der Waals surface area contributed by atoms with Gasteiger partial charge in [0.15, 0.2) is 0 Å². The highest BCUT2D eigenvalue weighted by atomic mass is 16.6. The van der Waals surface area contributed by atoms with Crippen molar-refractivity contribution in [3.63, 3.8) is 0 Å². The lowest BCUT2D eigenvalue weighted by atomic mass is 10.0. The Balaban J connectivity index is 1.98. The van der Waals surface area contributed by atoms with Gasteiger partial charge in [-0.3, -0.25) is 0 Å². The van der Waals surface area contributed by atoms with Crippen LogP contribution in [0.4, 0.5) is 0 Å². The number of benzene rings is 2. The molecule has 2 aromatic carbocycles. The lowest BCUT2D eigenvalue weighted by Crippen LogP contribution is -2.24. The fourth-order valence-electron chi connectivity index (χ4n) is 3.40. The van der Waals surface area contributed by atoms with Gasteiger partial charge in [0, 0.05) is 21.9 Å². The quantitative estimate of drug-likeness (QED) is 0.481. The largest absolute Gasteiger partial charge is 0.465 e. The Bertz CT molecular complexity index is 1280. The van der Waals surface area contributed by atoms with Crippen LogP contribution in [0.25, 0.3) is 33.1 Å². The van der Waals surface area contributed by atoms with Gasteiger partial charge in [-0.1, -0.05) is 30.3 Å². The average Bonchev–Trinajstić information content (AvgIpc) is 3.10. The molecule has 0 unspecified atom stereocenters. The zero-order valence-corrected chi connectivity index (χ0v) is 17.3. The minimum Gasteiger partial charge on any atom is -0.465 e. The van der Waals surface area contributed by atoms with Crippen LogP contribution in [0.3, 0.4) is 0 Å². The first kappa shape index (κ1) is 19.6. The van der Waals surface area contributed by atoms with E-state index in [0.717, 1.165) is 21.8 Å². The predicted molar refractivity (Wildman–Crippen MR) is 116 cm³/mol. The maximum atomic E-state index is 12.8. The Morgan fingerprint density at radius 2 is 1.70 bits per heavy atom. The Morgan fingerprint density at radius 1 is 0.933 bits per heavy atom. The summed E-state index contributed by atoms with van der Waals surface area (Å²) in [6.45, 7) is 5.45. The fourth-order valence-corrected chi connectivity index (χ4v) is 3.40. The number of para-hydroxylation sites is 1. The fraction of sp³-hybridized carbons (Fsp3) is 0.208. The smallest absolute Gasteiger partial charge is 0.357 e. The molecule has 0 aliphatic rings. The number of hydrogen-bond donors (Lipinski definition) is 1. The summed E-state index contributed by atoms with van der Waals surface area (Å²) in [6, 6.07) is 16.6. The topological polar surface area (TPSA) is 81.3 Å². The molecule has 0 amide bonds. The van der Waals surface area contributed by atoms with E-state index >= 15 is 0 Å². The molecule has 30 heavy (non-hydrogen) atoms. The highest BCUT2D eigenvalue weighted by Gasteiger charge is 2.22. The van der Waals surface area contributed by atoms with Crippen LogP contribution >= 0.6 is 0 Å². The predicted octanol–water partition coefficient (Wildman–Crippen LogP) is 5.13. The van der Waals surface area contributed by atoms with Crippen LogP contribution in [-0.2, 0) is 9.47 Å². The number of H-pyrrole nitrogens is 1. The van der Waals surface area contributed by atoms with Gasteiger partial charge in [-0.15, -0.1) is 0 Å². The molecular formula is C24H22N2O4. The van der Waals surface area contributed by atoms with Crippen molar-refractivity contribution in [2.75, 3.05) is 7.11 Å². The maximum absolute atomic E-state index is 12.8. The first-order valence-corrected chi connectivity index (χ1v) is 9.60. The van der Waals surface area contributed by atoms with Crippen LogP contribution < -0.4 is 0 Å². The van der Waals surface area contributed by atoms with Crippen molar-refractivity contribution >= 4 is 33.7 Å². The minimum absolute atomic E-state index is 0.209. The molecule has 0 bridgehead atoms. The second-order valence-electron chi connectivity index (χ2n) is 8.02. The highest BCUT2D eigenvalue weighted by Crippen LogP contribution is 2.33. The van der Waals surface area contributed by atoms with Crippen LogP contribution in [0, 0.1) is 0 Å². The molecule has 0 radical (unpaired) electrons. The number of ether oxygens (including phenoxy) is 2. The average molecular weight is 402 g/mol. The first-order valence-electron chi connectivity index (χ1n) is 9.60. The number of esters is 2. The zero-order chi connectivity index (χ0) is 21.5. The lowest BCUT2D eigenvalue weighted by molar-refractivity contribution is 0.00630. The molecule has 0 saturated heterocycles. The summed E-state index contributed by atoms with van der Waals surface area (Å²) in [7, 11) is 1.34. The maximum Gasteiger partial charge on any atom is 0.357 e. The van der Waals surface area contributed by atoms with Crippen molar-refractivity contribution in [3.8, 4) is 11.3 Å². The molecule has 4 rings (SSSR count). The van der Waals surface area contributed by atoms with Crippen LogP contribution in [-0.4, -0.2) is 34.6 Å². The Kier molecular flexibility index (Phi) is 4.78. The zero-order valence-electron chi connectivity index (χ0n) is 17.3. The van der Waals surface area contributed by atoms with Gasteiger partial charge in [0.2, 0.25) is 0 Å². The molecule has 0 spiro atoms. The Hall–Kier alpha value is -3.67. The highest BCUT2D eigenvalue weighted by molar-refractivity contribution is 6.13. The molecule has 6 heteroatoms. The van der Waals surface area contributed by atoms with E-state index in [1.807, 2.05) is 51.1 Å². The second kappa shape index (κ2) is 7.30. The van der Waals surface area contributed by atoms with Crippen LogP contribution in [0.15, 0.2) is 54.6 Å². The van der Waals surface area contributed by atoms with Gasteiger partial charge < -0.3 is 14.5 Å². The molecule has 1 N–H and O–H groups in total. The third kappa shape index (κ3) is 3.64. The summed E-state index contributed by atoms with van der Waals surface area (Å²) < 4.78 is 10.4. The van der Waals surface area contributed by atoms with Crippen molar-refractivity contribution in [3.05, 3.63) is 65.9 Å². The van der Waals surface area contributed by atoms with Gasteiger partial charge in [-0.05, 0) is 45.0 Å². The summed E-state index contributed by atoms with van der Waals surface area (Å²) in [5.41, 5.74) is 2.95. The second-order valence-corrected chi connectivity index (χ2v) is 8.02. The number of hydrogen-bond acceptors (Lipinski definition) is 5. The van der Waals surface area contributed by atoms with Crippen LogP contribution in [0.5, 0.6) is 0 Å². The molecule has 0 aliphatic heterocycles. The number of carbonyl (C=O) groups excluding carboxylic acids is 2. The molecular weight excluding hydrogens is 380 g/mol. The number of pyridine rings is 1. The molecule has 2 heterocycles. The van der Waals surface area contributed by atoms with Crippen LogP contribution in [0.1, 0.15) is 41.6 Å². The molecule has 4 aromatic rings.